The topological polar surface area (TPSA) is 46.2 Å². The van der Waals surface area contributed by atoms with Crippen molar-refractivity contribution in [2.75, 3.05) is 12.3 Å². The number of aliphatic hydroxyl groups is 1. The van der Waals surface area contributed by atoms with Gasteiger partial charge in [0, 0.05) is 12.3 Å². The van der Waals surface area contributed by atoms with Gasteiger partial charge in [0.05, 0.1) is 0 Å². The number of anilines is 1. The summed E-state index contributed by atoms with van der Waals surface area (Å²) in [4.78, 5) is 0. The first kappa shape index (κ1) is 10.3. The number of benzene rings is 1. The Kier molecular flexibility index (Phi) is 4.66. The minimum atomic E-state index is 0. The lowest BCUT2D eigenvalue weighted by Gasteiger charge is -2.00. The van der Waals surface area contributed by atoms with Gasteiger partial charge in [-0.1, -0.05) is 18.2 Å². The Labute approximate surface area is 72.4 Å². The zero-order chi connectivity index (χ0) is 7.40. The number of para-hydroxylation sites is 1. The highest BCUT2D eigenvalue weighted by atomic mass is 35.5. The van der Waals surface area contributed by atoms with E-state index < -0.39 is 0 Å². The summed E-state index contributed by atoms with van der Waals surface area (Å²) in [6.07, 6.45) is 0.646. The lowest BCUT2D eigenvalue weighted by atomic mass is 10.1. The predicted molar refractivity (Wildman–Crippen MR) is 48.9 cm³/mol. The lowest BCUT2D eigenvalue weighted by Crippen LogP contribution is -1.96. The minimum absolute atomic E-state index is 0. The first-order valence-electron chi connectivity index (χ1n) is 3.29. The zero-order valence-corrected chi connectivity index (χ0v) is 6.97. The molecule has 0 aliphatic carbocycles. The van der Waals surface area contributed by atoms with E-state index in [1.807, 2.05) is 24.3 Å². The second-order valence-corrected chi connectivity index (χ2v) is 2.17. The predicted octanol–water partition coefficient (Wildman–Crippen LogP) is 1.23. The first-order chi connectivity index (χ1) is 4.84. The van der Waals surface area contributed by atoms with Crippen molar-refractivity contribution in [1.29, 1.82) is 0 Å². The second-order valence-electron chi connectivity index (χ2n) is 2.17. The van der Waals surface area contributed by atoms with Crippen LogP contribution in [0.4, 0.5) is 5.69 Å². The van der Waals surface area contributed by atoms with Crippen LogP contribution in [-0.4, -0.2) is 11.7 Å². The molecule has 0 radical (unpaired) electrons. The maximum Gasteiger partial charge on any atom is 0.0472 e. The summed E-state index contributed by atoms with van der Waals surface area (Å²) in [7, 11) is 0. The SMILES string of the molecule is Cl.Nc1ccccc1CCO. The molecule has 0 spiro atoms. The highest BCUT2D eigenvalue weighted by molar-refractivity contribution is 5.85. The molecule has 1 aromatic rings. The molecule has 0 atom stereocenters. The van der Waals surface area contributed by atoms with E-state index in [2.05, 4.69) is 0 Å². The molecule has 0 saturated heterocycles. The molecule has 0 unspecified atom stereocenters. The van der Waals surface area contributed by atoms with E-state index in [0.717, 1.165) is 11.3 Å². The quantitative estimate of drug-likeness (QED) is 0.661. The molecule has 0 bridgehead atoms. The van der Waals surface area contributed by atoms with E-state index in [1.54, 1.807) is 0 Å². The molecule has 0 amide bonds. The minimum Gasteiger partial charge on any atom is -0.399 e. The molecule has 2 nitrogen and oxygen atoms in total. The van der Waals surface area contributed by atoms with Crippen LogP contribution in [0.15, 0.2) is 24.3 Å². The van der Waals surface area contributed by atoms with E-state index in [9.17, 15) is 0 Å². The van der Waals surface area contributed by atoms with Crippen molar-refractivity contribution in [2.45, 2.75) is 6.42 Å². The Morgan fingerprint density at radius 2 is 1.91 bits per heavy atom. The summed E-state index contributed by atoms with van der Waals surface area (Å²) in [6.45, 7) is 0.161. The molecule has 3 heteroatoms. The van der Waals surface area contributed by atoms with Crippen LogP contribution in [0, 0.1) is 0 Å². The summed E-state index contributed by atoms with van der Waals surface area (Å²) in [6, 6.07) is 7.56. The largest absolute Gasteiger partial charge is 0.399 e. The third-order valence-corrected chi connectivity index (χ3v) is 1.44. The molecular weight excluding hydrogens is 162 g/mol. The van der Waals surface area contributed by atoms with Crippen LogP contribution in [0.2, 0.25) is 0 Å². The van der Waals surface area contributed by atoms with Gasteiger partial charge >= 0.3 is 0 Å². The number of hydrogen-bond acceptors (Lipinski definition) is 2. The van der Waals surface area contributed by atoms with E-state index in [0.29, 0.717) is 6.42 Å². The van der Waals surface area contributed by atoms with Crippen molar-refractivity contribution in [1.82, 2.24) is 0 Å². The summed E-state index contributed by atoms with van der Waals surface area (Å²) >= 11 is 0. The van der Waals surface area contributed by atoms with Gasteiger partial charge in [0.2, 0.25) is 0 Å². The fourth-order valence-corrected chi connectivity index (χ4v) is 0.882. The van der Waals surface area contributed by atoms with Crippen LogP contribution in [0.25, 0.3) is 0 Å². The molecule has 0 heterocycles. The van der Waals surface area contributed by atoms with Gasteiger partial charge in [0.1, 0.15) is 0 Å². The van der Waals surface area contributed by atoms with Crippen molar-refractivity contribution in [3.8, 4) is 0 Å². The molecule has 11 heavy (non-hydrogen) atoms. The van der Waals surface area contributed by atoms with Gasteiger partial charge in [-0.05, 0) is 18.1 Å². The third kappa shape index (κ3) is 2.78. The Bertz CT molecular complexity index is 215. The molecule has 1 rings (SSSR count). The highest BCUT2D eigenvalue weighted by Gasteiger charge is 1.93. The first-order valence-corrected chi connectivity index (χ1v) is 3.29. The lowest BCUT2D eigenvalue weighted by molar-refractivity contribution is 0.300. The summed E-state index contributed by atoms with van der Waals surface area (Å²) in [5.41, 5.74) is 7.37. The van der Waals surface area contributed by atoms with Gasteiger partial charge in [-0.25, -0.2) is 0 Å². The average molecular weight is 174 g/mol. The molecule has 0 aromatic heterocycles. The maximum atomic E-state index is 8.59. The normalized spacial score (nSPS) is 8.82. The Morgan fingerprint density at radius 1 is 1.27 bits per heavy atom. The van der Waals surface area contributed by atoms with E-state index in [4.69, 9.17) is 10.8 Å². The number of aliphatic hydroxyl groups excluding tert-OH is 1. The van der Waals surface area contributed by atoms with Crippen molar-refractivity contribution in [3.63, 3.8) is 0 Å². The van der Waals surface area contributed by atoms with Gasteiger partial charge < -0.3 is 10.8 Å². The highest BCUT2D eigenvalue weighted by Crippen LogP contribution is 2.09. The molecule has 62 valence electrons. The summed E-state index contributed by atoms with van der Waals surface area (Å²) in [5.74, 6) is 0. The fourth-order valence-electron chi connectivity index (χ4n) is 0.882. The molecule has 0 aliphatic rings. The fraction of sp³-hybridized carbons (Fsp3) is 0.250. The smallest absolute Gasteiger partial charge is 0.0472 e. The molecule has 0 saturated carbocycles. The van der Waals surface area contributed by atoms with E-state index in [-0.39, 0.29) is 19.0 Å². The molecule has 3 N–H and O–H groups in total. The Hall–Kier alpha value is -0.730. The number of hydrogen-bond donors (Lipinski definition) is 2. The maximum absolute atomic E-state index is 8.59. The van der Waals surface area contributed by atoms with Gasteiger partial charge in [0.15, 0.2) is 0 Å². The molecular formula is C8H12ClNO. The number of rotatable bonds is 2. The third-order valence-electron chi connectivity index (χ3n) is 1.44. The monoisotopic (exact) mass is 173 g/mol. The molecule has 0 aliphatic heterocycles. The Balaban J connectivity index is 0.000001000. The number of nitrogens with two attached hydrogens (primary N) is 1. The van der Waals surface area contributed by atoms with E-state index in [1.165, 1.54) is 0 Å². The zero-order valence-electron chi connectivity index (χ0n) is 6.16. The van der Waals surface area contributed by atoms with Gasteiger partial charge in [0.25, 0.3) is 0 Å². The number of halogens is 1. The van der Waals surface area contributed by atoms with Crippen LogP contribution in [-0.2, 0) is 6.42 Å². The van der Waals surface area contributed by atoms with Crippen LogP contribution in [0.1, 0.15) is 5.56 Å². The van der Waals surface area contributed by atoms with Crippen molar-refractivity contribution in [2.24, 2.45) is 0 Å². The van der Waals surface area contributed by atoms with Crippen molar-refractivity contribution >= 4 is 18.1 Å². The van der Waals surface area contributed by atoms with E-state index >= 15 is 0 Å². The number of nitrogen functional groups attached to an aromatic ring is 1. The van der Waals surface area contributed by atoms with Gasteiger partial charge in [-0.2, -0.15) is 0 Å². The average Bonchev–Trinajstić information content (AvgIpc) is 1.94. The van der Waals surface area contributed by atoms with Crippen LogP contribution in [0.3, 0.4) is 0 Å². The van der Waals surface area contributed by atoms with Crippen LogP contribution in [0.5, 0.6) is 0 Å². The van der Waals surface area contributed by atoms with Crippen LogP contribution < -0.4 is 5.73 Å². The summed E-state index contributed by atoms with van der Waals surface area (Å²) in [5, 5.41) is 8.59. The van der Waals surface area contributed by atoms with Crippen LogP contribution >= 0.6 is 12.4 Å². The summed E-state index contributed by atoms with van der Waals surface area (Å²) < 4.78 is 0. The van der Waals surface area contributed by atoms with Crippen molar-refractivity contribution in [3.05, 3.63) is 29.8 Å². The second kappa shape index (κ2) is 4.99. The molecule has 0 fully saturated rings. The standard InChI is InChI=1S/C8H11NO.ClH/c9-8-4-2-1-3-7(8)5-6-10;/h1-4,10H,5-6,9H2;1H. The van der Waals surface area contributed by atoms with Crippen molar-refractivity contribution < 1.29 is 5.11 Å². The Morgan fingerprint density at radius 3 is 2.45 bits per heavy atom. The molecule has 1 aromatic carbocycles. The van der Waals surface area contributed by atoms with Gasteiger partial charge in [-0.15, -0.1) is 12.4 Å². The van der Waals surface area contributed by atoms with Gasteiger partial charge in [-0.3, -0.25) is 0 Å².